The second-order valence-corrected chi connectivity index (χ2v) is 6.44. The number of aryl methyl sites for hydroxylation is 1. The van der Waals surface area contributed by atoms with E-state index in [1.54, 1.807) is 24.3 Å². The van der Waals surface area contributed by atoms with Crippen LogP contribution in [-0.4, -0.2) is 37.6 Å². The van der Waals surface area contributed by atoms with E-state index in [9.17, 15) is 9.59 Å². The summed E-state index contributed by atoms with van der Waals surface area (Å²) in [5, 5.41) is 10.8. The predicted octanol–water partition coefficient (Wildman–Crippen LogP) is 1.93. The van der Waals surface area contributed by atoms with Crippen LogP contribution >= 0.6 is 0 Å². The van der Waals surface area contributed by atoms with Crippen molar-refractivity contribution in [2.24, 2.45) is 0 Å². The summed E-state index contributed by atoms with van der Waals surface area (Å²) in [5.41, 5.74) is 2.32. The first-order chi connectivity index (χ1) is 14.1. The van der Waals surface area contributed by atoms with Gasteiger partial charge < -0.3 is 10.1 Å². The molecule has 1 N–H and O–H groups in total. The number of hydrogen-bond donors (Lipinski definition) is 1. The van der Waals surface area contributed by atoms with Crippen LogP contribution in [0.1, 0.15) is 5.56 Å². The maximum atomic E-state index is 12.8. The lowest BCUT2D eigenvalue weighted by atomic mass is 10.2. The molecule has 1 amide bonds. The number of para-hydroxylation sites is 2. The number of benzene rings is 2. The van der Waals surface area contributed by atoms with Crippen LogP contribution in [0.4, 0.5) is 5.69 Å². The lowest BCUT2D eigenvalue weighted by Crippen LogP contribution is -2.28. The van der Waals surface area contributed by atoms with E-state index in [2.05, 4.69) is 20.6 Å². The predicted molar refractivity (Wildman–Crippen MR) is 107 cm³/mol. The van der Waals surface area contributed by atoms with Crippen molar-refractivity contribution in [3.63, 3.8) is 0 Å². The Morgan fingerprint density at radius 2 is 2.00 bits per heavy atom. The average Bonchev–Trinajstić information content (AvgIpc) is 3.15. The Balaban J connectivity index is 1.62. The standard InChI is InChI=1S/C20H18N6O3/c1-13-6-5-7-14(10-13)26-19-18(23-24-26)20(28)25(12-21-19)11-17(27)22-15-8-3-4-9-16(15)29-2/h3-10,12H,11H2,1-2H3,(H,22,27). The zero-order valence-corrected chi connectivity index (χ0v) is 15.9. The molecule has 0 saturated heterocycles. The fraction of sp³-hybridized carbons (Fsp3) is 0.150. The molecular formula is C20H18N6O3. The summed E-state index contributed by atoms with van der Waals surface area (Å²) in [6.07, 6.45) is 1.32. The van der Waals surface area contributed by atoms with Crippen molar-refractivity contribution in [1.29, 1.82) is 0 Å². The summed E-state index contributed by atoms with van der Waals surface area (Å²) >= 11 is 0. The third kappa shape index (κ3) is 3.57. The monoisotopic (exact) mass is 390 g/mol. The molecular weight excluding hydrogens is 372 g/mol. The molecule has 9 nitrogen and oxygen atoms in total. The summed E-state index contributed by atoms with van der Waals surface area (Å²) < 4.78 is 7.91. The normalized spacial score (nSPS) is 10.8. The van der Waals surface area contributed by atoms with Crippen molar-refractivity contribution in [1.82, 2.24) is 24.5 Å². The van der Waals surface area contributed by atoms with E-state index in [1.165, 1.54) is 22.7 Å². The van der Waals surface area contributed by atoms with Crippen LogP contribution in [-0.2, 0) is 11.3 Å². The van der Waals surface area contributed by atoms with Crippen LogP contribution in [0, 0.1) is 6.92 Å². The van der Waals surface area contributed by atoms with Crippen LogP contribution < -0.4 is 15.6 Å². The number of nitrogens with zero attached hydrogens (tertiary/aromatic N) is 5. The number of fused-ring (bicyclic) bond motifs is 1. The number of carbonyl (C=O) groups excluding carboxylic acids is 1. The summed E-state index contributed by atoms with van der Waals surface area (Å²) in [6.45, 7) is 1.75. The molecule has 0 atom stereocenters. The van der Waals surface area contributed by atoms with Crippen LogP contribution in [0.2, 0.25) is 0 Å². The first-order valence-electron chi connectivity index (χ1n) is 8.87. The molecule has 4 rings (SSSR count). The zero-order valence-electron chi connectivity index (χ0n) is 15.9. The fourth-order valence-electron chi connectivity index (χ4n) is 2.98. The third-order valence-corrected chi connectivity index (χ3v) is 4.37. The molecule has 4 aromatic rings. The van der Waals surface area contributed by atoms with Gasteiger partial charge in [-0.1, -0.05) is 29.5 Å². The first kappa shape index (κ1) is 18.4. The fourth-order valence-corrected chi connectivity index (χ4v) is 2.98. The molecule has 29 heavy (non-hydrogen) atoms. The van der Waals surface area contributed by atoms with Gasteiger partial charge in [-0.05, 0) is 36.8 Å². The number of carbonyl (C=O) groups is 1. The Labute approximate surface area is 165 Å². The molecule has 0 spiro atoms. The quantitative estimate of drug-likeness (QED) is 0.558. The number of aromatic nitrogens is 5. The highest BCUT2D eigenvalue weighted by Crippen LogP contribution is 2.22. The van der Waals surface area contributed by atoms with E-state index in [1.807, 2.05) is 31.2 Å². The highest BCUT2D eigenvalue weighted by molar-refractivity contribution is 5.92. The van der Waals surface area contributed by atoms with Gasteiger partial charge in [0.2, 0.25) is 5.91 Å². The average molecular weight is 390 g/mol. The van der Waals surface area contributed by atoms with Gasteiger partial charge >= 0.3 is 0 Å². The molecule has 0 radical (unpaired) electrons. The molecule has 2 heterocycles. The SMILES string of the molecule is COc1ccccc1NC(=O)Cn1cnc2c(nnn2-c2cccc(C)c2)c1=O. The van der Waals surface area contributed by atoms with Gasteiger partial charge in [-0.15, -0.1) is 5.10 Å². The largest absolute Gasteiger partial charge is 0.495 e. The van der Waals surface area contributed by atoms with Crippen LogP contribution in [0.5, 0.6) is 5.75 Å². The Bertz CT molecular complexity index is 1260. The molecule has 0 fully saturated rings. The minimum absolute atomic E-state index is 0.0964. The Kier molecular flexibility index (Phi) is 4.78. The van der Waals surface area contributed by atoms with Crippen molar-refractivity contribution in [2.45, 2.75) is 13.5 Å². The molecule has 0 bridgehead atoms. The summed E-state index contributed by atoms with van der Waals surface area (Å²) in [7, 11) is 1.52. The molecule has 0 unspecified atom stereocenters. The van der Waals surface area contributed by atoms with E-state index in [-0.39, 0.29) is 18.0 Å². The molecule has 2 aromatic carbocycles. The van der Waals surface area contributed by atoms with Crippen molar-refractivity contribution in [3.8, 4) is 11.4 Å². The molecule has 2 aromatic heterocycles. The maximum Gasteiger partial charge on any atom is 0.284 e. The molecule has 9 heteroatoms. The first-order valence-corrected chi connectivity index (χ1v) is 8.87. The second kappa shape index (κ2) is 7.55. The van der Waals surface area contributed by atoms with Crippen molar-refractivity contribution >= 4 is 22.8 Å². The van der Waals surface area contributed by atoms with Crippen molar-refractivity contribution in [3.05, 3.63) is 70.8 Å². The molecule has 146 valence electrons. The molecule has 0 aliphatic carbocycles. The van der Waals surface area contributed by atoms with Gasteiger partial charge in [0.1, 0.15) is 18.6 Å². The van der Waals surface area contributed by atoms with Crippen LogP contribution in [0.15, 0.2) is 59.7 Å². The number of hydrogen-bond acceptors (Lipinski definition) is 6. The maximum absolute atomic E-state index is 12.8. The molecule has 0 aliphatic heterocycles. The van der Waals surface area contributed by atoms with Gasteiger partial charge in [0.25, 0.3) is 5.56 Å². The lowest BCUT2D eigenvalue weighted by Gasteiger charge is -2.10. The number of nitrogens with one attached hydrogen (secondary N) is 1. The number of ether oxygens (including phenoxy) is 1. The number of amides is 1. The van der Waals surface area contributed by atoms with E-state index in [0.717, 1.165) is 11.3 Å². The van der Waals surface area contributed by atoms with Gasteiger partial charge in [0.15, 0.2) is 11.2 Å². The number of rotatable bonds is 5. The van der Waals surface area contributed by atoms with E-state index >= 15 is 0 Å². The van der Waals surface area contributed by atoms with Gasteiger partial charge in [-0.3, -0.25) is 14.2 Å². The highest BCUT2D eigenvalue weighted by Gasteiger charge is 2.15. The molecule has 0 aliphatic rings. The number of methoxy groups -OCH3 is 1. The second-order valence-electron chi connectivity index (χ2n) is 6.44. The minimum atomic E-state index is -0.441. The molecule has 0 saturated carbocycles. The zero-order chi connectivity index (χ0) is 20.4. The minimum Gasteiger partial charge on any atom is -0.495 e. The Hall–Kier alpha value is -4.01. The van der Waals surface area contributed by atoms with Crippen molar-refractivity contribution in [2.75, 3.05) is 12.4 Å². The summed E-state index contributed by atoms with van der Waals surface area (Å²) in [6, 6.07) is 14.7. The summed E-state index contributed by atoms with van der Waals surface area (Å²) in [4.78, 5) is 29.5. The van der Waals surface area contributed by atoms with E-state index in [0.29, 0.717) is 17.1 Å². The Morgan fingerprint density at radius 3 is 2.79 bits per heavy atom. The smallest absolute Gasteiger partial charge is 0.284 e. The van der Waals surface area contributed by atoms with Gasteiger partial charge in [0, 0.05) is 0 Å². The Morgan fingerprint density at radius 1 is 1.17 bits per heavy atom. The topological polar surface area (TPSA) is 104 Å². The van der Waals surface area contributed by atoms with Gasteiger partial charge in [-0.2, -0.15) is 4.68 Å². The number of anilines is 1. The highest BCUT2D eigenvalue weighted by atomic mass is 16.5. The lowest BCUT2D eigenvalue weighted by molar-refractivity contribution is -0.116. The van der Waals surface area contributed by atoms with Crippen LogP contribution in [0.25, 0.3) is 16.9 Å². The van der Waals surface area contributed by atoms with Crippen LogP contribution in [0.3, 0.4) is 0 Å². The van der Waals surface area contributed by atoms with Gasteiger partial charge in [0.05, 0.1) is 18.5 Å². The van der Waals surface area contributed by atoms with Crippen molar-refractivity contribution < 1.29 is 9.53 Å². The van der Waals surface area contributed by atoms with E-state index < -0.39 is 5.56 Å². The summed E-state index contributed by atoms with van der Waals surface area (Å²) in [5.74, 6) is 0.145. The van der Waals surface area contributed by atoms with E-state index in [4.69, 9.17) is 4.74 Å². The third-order valence-electron chi connectivity index (χ3n) is 4.37. The van der Waals surface area contributed by atoms with Gasteiger partial charge in [-0.25, -0.2) is 4.98 Å².